The zero-order valence-electron chi connectivity index (χ0n) is 20.9. The number of carbonyl (C=O) groups excluding carboxylic acids is 1. The highest BCUT2D eigenvalue weighted by Crippen LogP contribution is 2.52. The molecule has 0 radical (unpaired) electrons. The molecule has 1 heterocycles. The second-order valence-corrected chi connectivity index (χ2v) is 9.37. The summed E-state index contributed by atoms with van der Waals surface area (Å²) in [6.07, 6.45) is 3.40. The van der Waals surface area contributed by atoms with Gasteiger partial charge < -0.3 is 14.4 Å². The maximum Gasteiger partial charge on any atom is 0.313 e. The molecule has 2 unspecified atom stereocenters. The molecule has 2 aliphatic rings. The summed E-state index contributed by atoms with van der Waals surface area (Å²) in [4.78, 5) is 14.9. The van der Waals surface area contributed by atoms with Crippen molar-refractivity contribution in [2.24, 2.45) is 11.3 Å². The summed E-state index contributed by atoms with van der Waals surface area (Å²) in [5.41, 5.74) is 5.73. The van der Waals surface area contributed by atoms with Crippen molar-refractivity contribution in [2.75, 3.05) is 27.3 Å². The van der Waals surface area contributed by atoms with Gasteiger partial charge in [0.2, 0.25) is 0 Å². The highest BCUT2D eigenvalue weighted by molar-refractivity contribution is 5.81. The average molecular weight is 450 g/mol. The molecule has 0 spiro atoms. The van der Waals surface area contributed by atoms with E-state index in [9.17, 15) is 4.79 Å². The number of hydrogen-bond donors (Lipinski definition) is 0. The third-order valence-corrected chi connectivity index (χ3v) is 6.92. The van der Waals surface area contributed by atoms with Crippen molar-refractivity contribution in [2.45, 2.75) is 53.0 Å². The van der Waals surface area contributed by atoms with E-state index >= 15 is 0 Å². The molecule has 2 aromatic rings. The smallest absolute Gasteiger partial charge is 0.313 e. The number of aryl methyl sites for hydroxylation is 1. The van der Waals surface area contributed by atoms with Crippen molar-refractivity contribution >= 4 is 5.97 Å². The summed E-state index contributed by atoms with van der Waals surface area (Å²) >= 11 is 0. The number of rotatable bonds is 8. The van der Waals surface area contributed by atoms with E-state index in [-0.39, 0.29) is 11.9 Å². The van der Waals surface area contributed by atoms with Crippen molar-refractivity contribution in [1.82, 2.24) is 4.90 Å². The first-order valence-corrected chi connectivity index (χ1v) is 12.1. The molecule has 4 heteroatoms. The summed E-state index contributed by atoms with van der Waals surface area (Å²) in [5.74, 6) is 1.20. The lowest BCUT2D eigenvalue weighted by atomic mass is 9.75. The lowest BCUT2D eigenvalue weighted by Gasteiger charge is -2.24. The van der Waals surface area contributed by atoms with Gasteiger partial charge in [-0.25, -0.2) is 0 Å². The maximum atomic E-state index is 12.6. The van der Waals surface area contributed by atoms with Gasteiger partial charge in [-0.3, -0.25) is 4.79 Å². The fraction of sp³-hybridized carbons (Fsp3) is 0.483. The molecule has 1 saturated carbocycles. The van der Waals surface area contributed by atoms with Gasteiger partial charge in [0, 0.05) is 19.0 Å². The Morgan fingerprint density at radius 1 is 1.15 bits per heavy atom. The Labute approximate surface area is 199 Å². The minimum absolute atomic E-state index is 0.0350. The van der Waals surface area contributed by atoms with Crippen molar-refractivity contribution in [1.29, 1.82) is 0 Å². The molecule has 2 aromatic carbocycles. The van der Waals surface area contributed by atoms with Gasteiger partial charge in [0.15, 0.2) is 0 Å². The van der Waals surface area contributed by atoms with Gasteiger partial charge in [0.05, 0.1) is 19.1 Å². The maximum absolute atomic E-state index is 12.6. The molecule has 0 N–H and O–H groups in total. The Balaban J connectivity index is 0.00000149. The molecule has 1 aliphatic carbocycles. The number of benzene rings is 2. The topological polar surface area (TPSA) is 38.8 Å². The van der Waals surface area contributed by atoms with Crippen LogP contribution in [-0.4, -0.2) is 38.2 Å². The van der Waals surface area contributed by atoms with E-state index in [0.29, 0.717) is 6.61 Å². The Morgan fingerprint density at radius 3 is 2.67 bits per heavy atom. The number of allylic oxidation sites excluding steroid dienone is 1. The van der Waals surface area contributed by atoms with Gasteiger partial charge in [-0.15, -0.1) is 0 Å². The number of nitrogens with zero attached hydrogens (tertiary/aromatic N) is 1. The summed E-state index contributed by atoms with van der Waals surface area (Å²) in [7, 11) is 3.88. The largest absolute Gasteiger partial charge is 0.496 e. The van der Waals surface area contributed by atoms with Crippen LogP contribution in [0, 0.1) is 18.3 Å². The normalized spacial score (nSPS) is 21.5. The quantitative estimate of drug-likeness (QED) is 0.380. The van der Waals surface area contributed by atoms with Crippen LogP contribution in [0.4, 0.5) is 0 Å². The molecule has 0 bridgehead atoms. The van der Waals surface area contributed by atoms with Crippen molar-refractivity contribution < 1.29 is 14.3 Å². The van der Waals surface area contributed by atoms with Crippen LogP contribution in [0.1, 0.15) is 48.9 Å². The monoisotopic (exact) mass is 449 g/mol. The van der Waals surface area contributed by atoms with Crippen LogP contribution in [0.15, 0.2) is 54.6 Å². The number of methoxy groups -OCH3 is 1. The van der Waals surface area contributed by atoms with Gasteiger partial charge in [-0.05, 0) is 68.0 Å². The Bertz CT molecular complexity index is 983. The summed E-state index contributed by atoms with van der Waals surface area (Å²) < 4.78 is 10.9. The van der Waals surface area contributed by atoms with E-state index in [1.54, 1.807) is 7.11 Å². The Hall–Kier alpha value is -2.59. The number of hydrogen-bond acceptors (Lipinski definition) is 4. The van der Waals surface area contributed by atoms with Crippen molar-refractivity contribution in [3.05, 3.63) is 76.9 Å². The fourth-order valence-corrected chi connectivity index (χ4v) is 5.20. The average Bonchev–Trinajstić information content (AvgIpc) is 3.28. The molecule has 2 atom stereocenters. The Morgan fingerprint density at radius 2 is 1.91 bits per heavy atom. The number of carbonyl (C=O) groups is 1. The highest BCUT2D eigenvalue weighted by Gasteiger charge is 2.55. The molecule has 0 aromatic heterocycles. The lowest BCUT2D eigenvalue weighted by Crippen LogP contribution is -2.31. The standard InChI is InChI=1S/C27H33NO3.C2H6/c1-19-12-24-18-31-26(29)27(24,15-19)16-22-6-5-7-23(13-22)17-28(3)11-10-21-9-8-20(2)25(14-21)30-4;1-2/h5-9,13-14,24H,1,10-12,15-18H2,2-4H3;1-2H3. The molecule has 1 aliphatic heterocycles. The number of fused-ring (bicyclic) bond motifs is 1. The number of esters is 1. The molecule has 33 heavy (non-hydrogen) atoms. The molecule has 4 nitrogen and oxygen atoms in total. The van der Waals surface area contributed by atoms with E-state index in [0.717, 1.165) is 50.1 Å². The molecular formula is C29H39NO3. The van der Waals surface area contributed by atoms with Gasteiger partial charge in [0.1, 0.15) is 5.75 Å². The second-order valence-electron chi connectivity index (χ2n) is 9.37. The zero-order valence-corrected chi connectivity index (χ0v) is 20.9. The lowest BCUT2D eigenvalue weighted by molar-refractivity contribution is -0.146. The summed E-state index contributed by atoms with van der Waals surface area (Å²) in [6.45, 7) is 12.6. The number of likely N-dealkylation sites (N-methyl/N-ethyl adjacent to an activating group) is 1. The molecular weight excluding hydrogens is 410 g/mol. The first kappa shape index (κ1) is 25.0. The third-order valence-electron chi connectivity index (χ3n) is 6.92. The van der Waals surface area contributed by atoms with E-state index < -0.39 is 5.41 Å². The van der Waals surface area contributed by atoms with Gasteiger partial charge in [0.25, 0.3) is 0 Å². The highest BCUT2D eigenvalue weighted by atomic mass is 16.5. The fourth-order valence-electron chi connectivity index (χ4n) is 5.20. The zero-order chi connectivity index (χ0) is 24.0. The van der Waals surface area contributed by atoms with E-state index in [2.05, 4.69) is 67.9 Å². The predicted molar refractivity (Wildman–Crippen MR) is 135 cm³/mol. The Kier molecular flexibility index (Phi) is 8.36. The molecule has 0 amide bonds. The molecule has 2 fully saturated rings. The van der Waals surface area contributed by atoms with Gasteiger partial charge in [-0.1, -0.05) is 62.4 Å². The summed E-state index contributed by atoms with van der Waals surface area (Å²) in [6, 6.07) is 15.1. The van der Waals surface area contributed by atoms with Crippen LogP contribution in [0.25, 0.3) is 0 Å². The summed E-state index contributed by atoms with van der Waals surface area (Å²) in [5, 5.41) is 0. The SMILES string of the molecule is C=C1CC2COC(=O)C2(Cc2cccc(CN(C)CCc3ccc(C)c(OC)c3)c2)C1.CC. The van der Waals surface area contributed by atoms with Crippen LogP contribution < -0.4 is 4.74 Å². The van der Waals surface area contributed by atoms with Crippen LogP contribution in [0.5, 0.6) is 5.75 Å². The molecule has 4 rings (SSSR count). The van der Waals surface area contributed by atoms with Crippen LogP contribution in [0.2, 0.25) is 0 Å². The number of cyclic esters (lactones) is 1. The van der Waals surface area contributed by atoms with Crippen molar-refractivity contribution in [3.63, 3.8) is 0 Å². The van der Waals surface area contributed by atoms with E-state index in [1.165, 1.54) is 22.3 Å². The van der Waals surface area contributed by atoms with Gasteiger partial charge in [-0.2, -0.15) is 0 Å². The van der Waals surface area contributed by atoms with Gasteiger partial charge >= 0.3 is 5.97 Å². The van der Waals surface area contributed by atoms with E-state index in [1.807, 2.05) is 13.8 Å². The minimum atomic E-state index is -0.397. The van der Waals surface area contributed by atoms with E-state index in [4.69, 9.17) is 9.47 Å². The first-order chi connectivity index (χ1) is 15.9. The van der Waals surface area contributed by atoms with Crippen LogP contribution >= 0.6 is 0 Å². The minimum Gasteiger partial charge on any atom is -0.496 e. The number of ether oxygens (including phenoxy) is 2. The predicted octanol–water partition coefficient (Wildman–Crippen LogP) is 5.76. The van der Waals surface area contributed by atoms with Crippen LogP contribution in [0.3, 0.4) is 0 Å². The van der Waals surface area contributed by atoms with Crippen LogP contribution in [-0.2, 0) is 28.9 Å². The second kappa shape index (κ2) is 11.0. The molecule has 178 valence electrons. The first-order valence-electron chi connectivity index (χ1n) is 12.1. The van der Waals surface area contributed by atoms with Crippen molar-refractivity contribution in [3.8, 4) is 5.75 Å². The molecule has 1 saturated heterocycles. The third kappa shape index (κ3) is 5.67.